The Bertz CT molecular complexity index is 1690. The molecule has 1 saturated heterocycles. The van der Waals surface area contributed by atoms with Crippen LogP contribution in [0.3, 0.4) is 0 Å². The predicted molar refractivity (Wildman–Crippen MR) is 275 cm³/mol. The summed E-state index contributed by atoms with van der Waals surface area (Å²) in [6, 6.07) is 23.2. The van der Waals surface area contributed by atoms with Crippen molar-refractivity contribution in [2.45, 2.75) is 101 Å². The Labute approximate surface area is 400 Å². The van der Waals surface area contributed by atoms with Gasteiger partial charge in [-0.3, -0.25) is 24.4 Å². The fraction of sp³-hybridized carbons (Fsp3) is 0.540. The largest absolute Gasteiger partial charge is 0.508 e. The van der Waals surface area contributed by atoms with Crippen molar-refractivity contribution in [3.8, 4) is 5.75 Å². The van der Waals surface area contributed by atoms with Gasteiger partial charge in [0.05, 0.1) is 30.0 Å². The number of hydrogen-bond acceptors (Lipinski definition) is 12. The minimum atomic E-state index is -0.781. The molecule has 4 rings (SSSR count). The molecule has 3 atom stereocenters. The van der Waals surface area contributed by atoms with Crippen molar-refractivity contribution in [1.29, 1.82) is 0 Å². The van der Waals surface area contributed by atoms with Crippen LogP contribution in [0.4, 0.5) is 4.39 Å². The molecule has 0 amide bonds. The van der Waals surface area contributed by atoms with E-state index in [9.17, 15) is 18.8 Å². The highest BCUT2D eigenvalue weighted by Crippen LogP contribution is 2.19. The molecule has 11 nitrogen and oxygen atoms in total. The minimum Gasteiger partial charge on any atom is -0.508 e. The number of likely N-dealkylation sites (N-methyl/N-ethyl adjacent to an activating group) is 1. The molecule has 1 aliphatic rings. The average Bonchev–Trinajstić information content (AvgIpc) is 3.27. The topological polar surface area (TPSA) is 161 Å². The van der Waals surface area contributed by atoms with Crippen molar-refractivity contribution in [2.75, 3.05) is 65.1 Å². The number of rotatable bonds is 15. The second kappa shape index (κ2) is 38.6. The monoisotopic (exact) mass is 966 g/mol. The lowest BCUT2D eigenvalue weighted by Crippen LogP contribution is -2.37. The lowest BCUT2D eigenvalue weighted by Gasteiger charge is -2.25. The number of carboxylic acids is 1. The van der Waals surface area contributed by atoms with Crippen molar-refractivity contribution in [2.24, 2.45) is 16.0 Å². The van der Waals surface area contributed by atoms with Gasteiger partial charge in [-0.05, 0) is 122 Å². The number of phenolic OH excluding ortho intramolecular Hbond substituents is 1. The summed E-state index contributed by atoms with van der Waals surface area (Å²) in [5, 5.41) is 26.0. The third kappa shape index (κ3) is 35.4. The summed E-state index contributed by atoms with van der Waals surface area (Å²) in [7, 11) is 5.92. The molecule has 3 unspecified atom stereocenters. The number of esters is 2. The molecule has 3 aromatic rings. The highest BCUT2D eigenvalue weighted by atomic mass is 33.1. The van der Waals surface area contributed by atoms with Gasteiger partial charge in [0, 0.05) is 37.0 Å². The Kier molecular flexibility index (Phi) is 37.8. The Balaban J connectivity index is 0. The fourth-order valence-electron chi connectivity index (χ4n) is 4.59. The molecule has 0 saturated carbocycles. The predicted octanol–water partition coefficient (Wildman–Crippen LogP) is 10.8. The van der Waals surface area contributed by atoms with Gasteiger partial charge >= 0.3 is 17.9 Å². The van der Waals surface area contributed by atoms with Crippen LogP contribution in [-0.4, -0.2) is 104 Å². The first-order valence-corrected chi connectivity index (χ1v) is 26.2. The number of hydrogen-bond donors (Lipinski definition) is 4. The third-order valence-electron chi connectivity index (χ3n) is 8.64. The number of allylic oxidation sites excluding steroid dienone is 1. The van der Waals surface area contributed by atoms with Gasteiger partial charge in [-0.15, -0.1) is 8.58 Å². The number of ether oxygens (including phenoxy) is 3. The molecule has 0 aliphatic carbocycles. The van der Waals surface area contributed by atoms with E-state index in [1.807, 2.05) is 70.3 Å². The van der Waals surface area contributed by atoms with E-state index in [0.29, 0.717) is 24.0 Å². The number of aliphatic carboxylic acids is 1. The van der Waals surface area contributed by atoms with Gasteiger partial charge in [-0.25, -0.2) is 4.39 Å². The maximum absolute atomic E-state index is 13.1. The first-order valence-electron chi connectivity index (χ1n) is 22.1. The number of carbonyl (C=O) groups excluding carboxylic acids is 2. The van der Waals surface area contributed by atoms with Crippen molar-refractivity contribution in [3.63, 3.8) is 0 Å². The van der Waals surface area contributed by atoms with E-state index in [2.05, 4.69) is 37.7 Å². The fourth-order valence-corrected chi connectivity index (χ4v) is 5.94. The van der Waals surface area contributed by atoms with E-state index in [0.717, 1.165) is 65.3 Å². The highest BCUT2D eigenvalue weighted by molar-refractivity contribution is 8.75. The van der Waals surface area contributed by atoms with Crippen molar-refractivity contribution in [1.82, 2.24) is 10.2 Å². The molecular weight excluding hydrogens is 885 g/mol. The zero-order chi connectivity index (χ0) is 49.7. The van der Waals surface area contributed by atoms with E-state index in [1.165, 1.54) is 29.0 Å². The highest BCUT2D eigenvalue weighted by Gasteiger charge is 2.23. The number of aromatic hydroxyl groups is 1. The van der Waals surface area contributed by atoms with Crippen molar-refractivity contribution < 1.29 is 43.2 Å². The maximum atomic E-state index is 13.1. The van der Waals surface area contributed by atoms with Gasteiger partial charge in [0.1, 0.15) is 24.8 Å². The summed E-state index contributed by atoms with van der Waals surface area (Å²) in [5.74, 6) is -0.600. The molecular formula is C50H81FN3O8PS2. The Hall–Kier alpha value is -3.49. The number of phenols is 1. The number of halogens is 1. The molecule has 3 aromatic carbocycles. The third-order valence-corrected chi connectivity index (χ3v) is 10.7. The van der Waals surface area contributed by atoms with Gasteiger partial charge in [0.2, 0.25) is 0 Å². The van der Waals surface area contributed by atoms with Gasteiger partial charge in [-0.1, -0.05) is 104 Å². The molecule has 0 bridgehead atoms. The molecule has 0 aromatic heterocycles. The second-order valence-corrected chi connectivity index (χ2v) is 20.1. The molecule has 0 spiro atoms. The molecule has 0 radical (unpaired) electrons. The quantitative estimate of drug-likeness (QED) is 0.0285. The van der Waals surface area contributed by atoms with Crippen LogP contribution in [0, 0.1) is 16.6 Å². The normalized spacial score (nSPS) is 13.4. The van der Waals surface area contributed by atoms with E-state index in [1.54, 1.807) is 81.0 Å². The van der Waals surface area contributed by atoms with Crippen LogP contribution in [-0.2, 0) is 41.6 Å². The molecule has 5 N–H and O–H groups in total. The Morgan fingerprint density at radius 3 is 1.89 bits per heavy atom. The van der Waals surface area contributed by atoms with E-state index in [-0.39, 0.29) is 29.8 Å². The van der Waals surface area contributed by atoms with Crippen molar-refractivity contribution >= 4 is 48.3 Å². The number of benzene rings is 3. The van der Waals surface area contributed by atoms with Crippen LogP contribution in [0.15, 0.2) is 91.0 Å². The van der Waals surface area contributed by atoms with Crippen LogP contribution < -0.4 is 10.5 Å². The number of carboxylic acid groups (broad SMARTS) is 1. The summed E-state index contributed by atoms with van der Waals surface area (Å²) in [6.07, 6.45) is 7.24. The van der Waals surface area contributed by atoms with Crippen molar-refractivity contribution in [3.05, 3.63) is 114 Å². The SMILES string of the molecule is CC(C)(C)C(=O)OCc1ccccc1F.CCC.CNC(C)Cc1ccc(C(C)C(=O)O)cc1.CPC/C=C\COC(=O)C(C)(C)C.NSSCCN1CCOCC1.Oc1ccccc1. The van der Waals surface area contributed by atoms with Gasteiger partial charge in [0.15, 0.2) is 0 Å². The molecule has 368 valence electrons. The zero-order valence-electron chi connectivity index (χ0n) is 41.2. The maximum Gasteiger partial charge on any atom is 0.311 e. The minimum absolute atomic E-state index is 0.0111. The number of nitrogens with two attached hydrogens (primary N) is 1. The van der Waals surface area contributed by atoms with E-state index < -0.39 is 17.3 Å². The molecule has 65 heavy (non-hydrogen) atoms. The van der Waals surface area contributed by atoms with E-state index >= 15 is 0 Å². The number of nitrogens with zero attached hydrogens (tertiary/aromatic N) is 1. The molecule has 1 aliphatic heterocycles. The Morgan fingerprint density at radius 1 is 0.892 bits per heavy atom. The average molecular weight is 966 g/mol. The first kappa shape index (κ1) is 63.6. The van der Waals surface area contributed by atoms with Gasteiger partial charge in [-0.2, -0.15) is 0 Å². The number of nitrogens with one attached hydrogen (secondary N) is 1. The van der Waals surface area contributed by atoms with Crippen LogP contribution in [0.5, 0.6) is 5.75 Å². The number of carbonyl (C=O) groups is 3. The number of para-hydroxylation sites is 1. The van der Waals surface area contributed by atoms with Crippen LogP contribution in [0.2, 0.25) is 0 Å². The molecule has 1 heterocycles. The van der Waals surface area contributed by atoms with Gasteiger partial charge in [0.25, 0.3) is 0 Å². The van der Waals surface area contributed by atoms with E-state index in [4.69, 9.17) is 29.6 Å². The van der Waals surface area contributed by atoms with Crippen LogP contribution in [0.25, 0.3) is 0 Å². The van der Waals surface area contributed by atoms with Crippen LogP contribution >= 0.6 is 30.4 Å². The number of morpholine rings is 1. The van der Waals surface area contributed by atoms with Gasteiger partial charge < -0.3 is 29.7 Å². The summed E-state index contributed by atoms with van der Waals surface area (Å²) < 4.78 is 28.4. The lowest BCUT2D eigenvalue weighted by molar-refractivity contribution is -0.154. The Morgan fingerprint density at radius 2 is 1.43 bits per heavy atom. The van der Waals surface area contributed by atoms with Crippen LogP contribution in [0.1, 0.15) is 98.3 Å². The lowest BCUT2D eigenvalue weighted by atomic mass is 9.97. The standard InChI is InChI=1S/C13H19NO2.C12H15FO2.C10H19O2P.C6H14N2OS2.C6H6O.C3H8/c1-9(14-3)8-11-4-6-12(7-5-11)10(2)13(15)16;1-12(2,3)11(14)15-8-9-6-4-5-7-10(9)13;1-10(2,3)9(11)12-7-5-6-8-13-4;7-11-10-6-3-8-1-4-9-5-2-8;7-6-4-2-1-3-5-6;1-3-2/h4-7,9-10,14H,8H2,1-3H3,(H,15,16);4-7H,8H2,1-3H3;5-6,13H,7-8H2,1-4H3;1-7H2;1-5,7H;3H2,1-2H3/b;;6-5-;;;. The molecule has 15 heteroatoms. The second-order valence-electron chi connectivity index (χ2n) is 16.9. The zero-order valence-corrected chi connectivity index (χ0v) is 43.8. The summed E-state index contributed by atoms with van der Waals surface area (Å²) in [5.41, 5.74) is 1.54. The smallest absolute Gasteiger partial charge is 0.311 e. The summed E-state index contributed by atoms with van der Waals surface area (Å²) >= 11 is 0. The first-order chi connectivity index (χ1) is 30.7. The molecule has 1 fully saturated rings. The summed E-state index contributed by atoms with van der Waals surface area (Å²) in [6.45, 7) is 26.5. The summed E-state index contributed by atoms with van der Waals surface area (Å²) in [4.78, 5) is 35.9.